The van der Waals surface area contributed by atoms with E-state index in [2.05, 4.69) is 0 Å². The van der Waals surface area contributed by atoms with Crippen LogP contribution in [0.5, 0.6) is 11.5 Å². The number of aliphatic hydroxyl groups excluding tert-OH is 1. The van der Waals surface area contributed by atoms with E-state index < -0.39 is 17.7 Å². The zero-order chi connectivity index (χ0) is 23.7. The van der Waals surface area contributed by atoms with Gasteiger partial charge in [-0.2, -0.15) is 0 Å². The molecule has 1 unspecified atom stereocenters. The van der Waals surface area contributed by atoms with Crippen molar-refractivity contribution in [1.82, 2.24) is 0 Å². The van der Waals surface area contributed by atoms with E-state index >= 15 is 0 Å². The normalized spacial score (nSPS) is 17.3. The Balaban J connectivity index is 1.94. The van der Waals surface area contributed by atoms with Crippen LogP contribution in [0.1, 0.15) is 28.3 Å². The molecule has 3 aromatic carbocycles. The summed E-state index contributed by atoms with van der Waals surface area (Å²) in [5.74, 6) is -0.374. The van der Waals surface area contributed by atoms with Crippen molar-refractivity contribution >= 4 is 23.1 Å². The van der Waals surface area contributed by atoms with Crippen molar-refractivity contribution in [1.29, 1.82) is 0 Å². The highest BCUT2D eigenvalue weighted by Crippen LogP contribution is 2.43. The number of aliphatic hydroxyl groups is 1. The minimum absolute atomic E-state index is 0.0382. The van der Waals surface area contributed by atoms with Crippen molar-refractivity contribution in [2.75, 3.05) is 19.1 Å². The van der Waals surface area contributed by atoms with E-state index in [0.29, 0.717) is 28.3 Å². The van der Waals surface area contributed by atoms with E-state index in [1.807, 2.05) is 32.0 Å². The summed E-state index contributed by atoms with van der Waals surface area (Å²) in [7, 11) is 3.12. The molecule has 1 aliphatic rings. The van der Waals surface area contributed by atoms with Crippen LogP contribution < -0.4 is 14.4 Å². The SMILES string of the molecule is COc1ccc(/C(O)=C2\C(=O)C(=O)N(c3cccc(C)c3C)C2c2ccc(OC)cc2)cc1. The van der Waals surface area contributed by atoms with Gasteiger partial charge in [0, 0.05) is 11.3 Å². The molecule has 6 heteroatoms. The average molecular weight is 443 g/mol. The molecule has 0 bridgehead atoms. The van der Waals surface area contributed by atoms with Gasteiger partial charge < -0.3 is 14.6 Å². The predicted octanol–water partition coefficient (Wildman–Crippen LogP) is 4.95. The van der Waals surface area contributed by atoms with Crippen LogP contribution in [0.2, 0.25) is 0 Å². The van der Waals surface area contributed by atoms with Gasteiger partial charge >= 0.3 is 0 Å². The van der Waals surface area contributed by atoms with E-state index in [4.69, 9.17) is 9.47 Å². The van der Waals surface area contributed by atoms with Crippen LogP contribution in [0.4, 0.5) is 5.69 Å². The van der Waals surface area contributed by atoms with Crippen LogP contribution >= 0.6 is 0 Å². The zero-order valence-electron chi connectivity index (χ0n) is 19.0. The van der Waals surface area contributed by atoms with E-state index in [-0.39, 0.29) is 11.3 Å². The number of rotatable bonds is 5. The number of hydrogen-bond donors (Lipinski definition) is 1. The lowest BCUT2D eigenvalue weighted by Gasteiger charge is -2.27. The van der Waals surface area contributed by atoms with Gasteiger partial charge in [0.2, 0.25) is 0 Å². The number of carbonyl (C=O) groups excluding carboxylic acids is 2. The first-order chi connectivity index (χ1) is 15.9. The van der Waals surface area contributed by atoms with E-state index in [9.17, 15) is 14.7 Å². The second-order valence-corrected chi connectivity index (χ2v) is 7.89. The molecule has 1 saturated heterocycles. The molecule has 168 valence electrons. The first-order valence-electron chi connectivity index (χ1n) is 10.5. The Bertz CT molecular complexity index is 1240. The number of Topliss-reactive ketones (excluding diaryl/α,β-unsaturated/α-hetero) is 1. The Morgan fingerprint density at radius 2 is 1.42 bits per heavy atom. The number of amides is 1. The minimum Gasteiger partial charge on any atom is -0.507 e. The van der Waals surface area contributed by atoms with Crippen LogP contribution in [0.3, 0.4) is 0 Å². The van der Waals surface area contributed by atoms with Gasteiger partial charge in [0.15, 0.2) is 0 Å². The Kier molecular flexibility index (Phi) is 5.92. The van der Waals surface area contributed by atoms with Crippen molar-refractivity contribution in [3.63, 3.8) is 0 Å². The number of benzene rings is 3. The maximum absolute atomic E-state index is 13.3. The number of ether oxygens (including phenoxy) is 2. The van der Waals surface area contributed by atoms with Crippen LogP contribution in [-0.2, 0) is 9.59 Å². The third-order valence-corrected chi connectivity index (χ3v) is 6.07. The number of hydrogen-bond acceptors (Lipinski definition) is 5. The summed E-state index contributed by atoms with van der Waals surface area (Å²) in [6.07, 6.45) is 0. The van der Waals surface area contributed by atoms with Gasteiger partial charge in [0.1, 0.15) is 17.3 Å². The molecule has 33 heavy (non-hydrogen) atoms. The smallest absolute Gasteiger partial charge is 0.300 e. The largest absolute Gasteiger partial charge is 0.507 e. The lowest BCUT2D eigenvalue weighted by Crippen LogP contribution is -2.30. The zero-order valence-corrected chi connectivity index (χ0v) is 19.0. The summed E-state index contributed by atoms with van der Waals surface area (Å²) >= 11 is 0. The highest BCUT2D eigenvalue weighted by atomic mass is 16.5. The minimum atomic E-state index is -0.793. The van der Waals surface area contributed by atoms with Crippen LogP contribution in [0, 0.1) is 13.8 Å². The van der Waals surface area contributed by atoms with E-state index in [1.54, 1.807) is 62.8 Å². The number of ketones is 1. The number of carbonyl (C=O) groups is 2. The van der Waals surface area contributed by atoms with Crippen LogP contribution in [0.15, 0.2) is 72.3 Å². The monoisotopic (exact) mass is 443 g/mol. The van der Waals surface area contributed by atoms with E-state index in [0.717, 1.165) is 11.1 Å². The molecule has 1 aliphatic heterocycles. The van der Waals surface area contributed by atoms with Gasteiger partial charge in [-0.15, -0.1) is 0 Å². The number of nitrogens with zero attached hydrogens (tertiary/aromatic N) is 1. The number of aryl methyl sites for hydroxylation is 1. The molecule has 0 spiro atoms. The fraction of sp³-hybridized carbons (Fsp3) is 0.185. The molecule has 1 heterocycles. The predicted molar refractivity (Wildman–Crippen MR) is 127 cm³/mol. The second-order valence-electron chi connectivity index (χ2n) is 7.89. The molecule has 1 atom stereocenters. The van der Waals surface area contributed by atoms with Gasteiger partial charge in [-0.1, -0.05) is 24.3 Å². The Hall–Kier alpha value is -4.06. The molecule has 0 aromatic heterocycles. The van der Waals surface area contributed by atoms with Gasteiger partial charge in [-0.25, -0.2) is 0 Å². The molecule has 0 saturated carbocycles. The van der Waals surface area contributed by atoms with E-state index in [1.165, 1.54) is 4.90 Å². The molecule has 4 rings (SSSR count). The van der Waals surface area contributed by atoms with Crippen molar-refractivity contribution in [3.05, 3.63) is 94.6 Å². The quantitative estimate of drug-likeness (QED) is 0.343. The summed E-state index contributed by atoms with van der Waals surface area (Å²) in [5, 5.41) is 11.2. The molecule has 1 fully saturated rings. The average Bonchev–Trinajstić information content (AvgIpc) is 3.10. The third kappa shape index (κ3) is 3.84. The highest BCUT2D eigenvalue weighted by Gasteiger charge is 2.47. The first kappa shape index (κ1) is 22.1. The first-order valence-corrected chi connectivity index (χ1v) is 10.5. The fourth-order valence-electron chi connectivity index (χ4n) is 4.08. The fourth-order valence-corrected chi connectivity index (χ4v) is 4.08. The molecule has 0 aliphatic carbocycles. The van der Waals surface area contributed by atoms with Gasteiger partial charge in [0.25, 0.3) is 11.7 Å². The number of methoxy groups -OCH3 is 2. The maximum Gasteiger partial charge on any atom is 0.300 e. The van der Waals surface area contributed by atoms with Crippen molar-refractivity contribution in [2.24, 2.45) is 0 Å². The van der Waals surface area contributed by atoms with Gasteiger partial charge in [-0.05, 0) is 73.0 Å². The van der Waals surface area contributed by atoms with Gasteiger partial charge in [0.05, 0.1) is 25.8 Å². The Morgan fingerprint density at radius 1 is 0.848 bits per heavy atom. The second kappa shape index (κ2) is 8.82. The van der Waals surface area contributed by atoms with Crippen molar-refractivity contribution in [2.45, 2.75) is 19.9 Å². The molecule has 1 amide bonds. The summed E-state index contributed by atoms with van der Waals surface area (Å²) in [5.41, 5.74) is 3.67. The van der Waals surface area contributed by atoms with Gasteiger partial charge in [-0.3, -0.25) is 14.5 Å². The standard InChI is InChI=1S/C27H25NO5/c1-16-6-5-7-22(17(16)2)28-24(18-8-12-20(32-3)13-9-18)23(26(30)27(28)31)25(29)19-10-14-21(33-4)15-11-19/h5-15,24,29H,1-4H3/b25-23+. The summed E-state index contributed by atoms with van der Waals surface area (Å²) in [4.78, 5) is 28.1. The van der Waals surface area contributed by atoms with Crippen molar-refractivity contribution in [3.8, 4) is 11.5 Å². The number of anilines is 1. The summed E-state index contributed by atoms with van der Waals surface area (Å²) in [6.45, 7) is 3.87. The molecular weight excluding hydrogens is 418 g/mol. The lowest BCUT2D eigenvalue weighted by atomic mass is 9.94. The molecule has 3 aromatic rings. The van der Waals surface area contributed by atoms with Crippen molar-refractivity contribution < 1.29 is 24.2 Å². The topological polar surface area (TPSA) is 76.1 Å². The highest BCUT2D eigenvalue weighted by molar-refractivity contribution is 6.51. The third-order valence-electron chi connectivity index (χ3n) is 6.07. The summed E-state index contributed by atoms with van der Waals surface area (Å²) in [6, 6.07) is 18.7. The maximum atomic E-state index is 13.3. The molecule has 6 nitrogen and oxygen atoms in total. The molecule has 0 radical (unpaired) electrons. The molecule has 1 N–H and O–H groups in total. The Morgan fingerprint density at radius 3 is 2.00 bits per heavy atom. The Labute approximate surface area is 192 Å². The van der Waals surface area contributed by atoms with Crippen LogP contribution in [-0.4, -0.2) is 31.0 Å². The lowest BCUT2D eigenvalue weighted by molar-refractivity contribution is -0.132. The summed E-state index contributed by atoms with van der Waals surface area (Å²) < 4.78 is 10.5. The van der Waals surface area contributed by atoms with Crippen LogP contribution in [0.25, 0.3) is 5.76 Å². The molecular formula is C27H25NO5.